The highest BCUT2D eigenvalue weighted by Gasteiger charge is 2.96. The van der Waals surface area contributed by atoms with Crippen molar-refractivity contribution in [1.29, 1.82) is 0 Å². The van der Waals surface area contributed by atoms with Gasteiger partial charge >= 0.3 is 11.9 Å². The number of hydrogen-bond donors (Lipinski definition) is 4. The number of aliphatic hydroxyl groups excluding tert-OH is 2. The zero-order valence-corrected chi connectivity index (χ0v) is 27.0. The minimum Gasteiger partial charge on any atom is -0.455 e. The predicted molar refractivity (Wildman–Crippen MR) is 157 cm³/mol. The smallest absolute Gasteiger partial charge is 0.338 e. The molecule has 0 radical (unpaired) electrons. The fourth-order valence-corrected chi connectivity index (χ4v) is 12.2. The molecule has 4 N–H and O–H groups in total. The van der Waals surface area contributed by atoms with Gasteiger partial charge < -0.3 is 53.7 Å². The number of carbonyl (C=O) groups excluding carboxylic acids is 2. The van der Waals surface area contributed by atoms with E-state index in [1.807, 2.05) is 11.9 Å². The number of piperidine rings is 1. The summed E-state index contributed by atoms with van der Waals surface area (Å²) in [7, 11) is 7.77. The molecular weight excluding hydrogens is 602 g/mol. The van der Waals surface area contributed by atoms with Crippen molar-refractivity contribution >= 4 is 11.9 Å². The zero-order chi connectivity index (χ0) is 33.2. The first-order valence-electron chi connectivity index (χ1n) is 15.9. The number of benzene rings is 1. The van der Waals surface area contributed by atoms with Crippen LogP contribution in [0.25, 0.3) is 0 Å². The first kappa shape index (κ1) is 32.4. The number of nitrogens with zero attached hydrogens (tertiary/aromatic N) is 1. The summed E-state index contributed by atoms with van der Waals surface area (Å²) in [5.41, 5.74) is -8.16. The zero-order valence-electron chi connectivity index (χ0n) is 27.0. The highest BCUT2D eigenvalue weighted by molar-refractivity contribution is 5.89. The molecule has 1 spiro atoms. The summed E-state index contributed by atoms with van der Waals surface area (Å²) in [6.45, 7) is 1.68. The molecule has 1 aliphatic heterocycles. The summed E-state index contributed by atoms with van der Waals surface area (Å²) < 4.78 is 36.7. The molecule has 1 saturated heterocycles. The molecule has 15 atom stereocenters. The molecule has 5 aliphatic carbocycles. The summed E-state index contributed by atoms with van der Waals surface area (Å²) in [6, 6.07) is 7.61. The summed E-state index contributed by atoms with van der Waals surface area (Å²) in [6.07, 6.45) is -7.39. The van der Waals surface area contributed by atoms with E-state index < -0.39 is 106 Å². The molecule has 7 rings (SSSR count). The average Bonchev–Trinajstić information content (AvgIpc) is 3.38. The summed E-state index contributed by atoms with van der Waals surface area (Å²) in [5.74, 6) is -4.35. The molecule has 0 unspecified atom stereocenters. The van der Waals surface area contributed by atoms with E-state index in [0.29, 0.717) is 6.54 Å². The van der Waals surface area contributed by atoms with E-state index in [4.69, 9.17) is 28.4 Å². The van der Waals surface area contributed by atoms with E-state index in [9.17, 15) is 30.0 Å². The monoisotopic (exact) mass is 647 g/mol. The summed E-state index contributed by atoms with van der Waals surface area (Å²) in [5, 5.41) is 50.8. The van der Waals surface area contributed by atoms with Crippen LogP contribution >= 0.6 is 0 Å². The highest BCUT2D eigenvalue weighted by atomic mass is 16.6. The van der Waals surface area contributed by atoms with Gasteiger partial charge in [0.2, 0.25) is 0 Å². The largest absolute Gasteiger partial charge is 0.455 e. The van der Waals surface area contributed by atoms with Crippen molar-refractivity contribution in [3.8, 4) is 0 Å². The van der Waals surface area contributed by atoms with Crippen molar-refractivity contribution in [2.45, 2.75) is 79.2 Å². The Morgan fingerprint density at radius 3 is 2.26 bits per heavy atom. The van der Waals surface area contributed by atoms with Gasteiger partial charge in [-0.05, 0) is 19.2 Å². The maximum Gasteiger partial charge on any atom is 0.338 e. The Balaban J connectivity index is 1.56. The van der Waals surface area contributed by atoms with Crippen molar-refractivity contribution in [2.75, 3.05) is 48.6 Å². The Kier molecular flexibility index (Phi) is 7.31. The van der Waals surface area contributed by atoms with Crippen LogP contribution in [-0.2, 0) is 33.2 Å². The van der Waals surface area contributed by atoms with Gasteiger partial charge in [-0.25, -0.2) is 4.79 Å². The molecule has 1 heterocycles. The van der Waals surface area contributed by atoms with Crippen molar-refractivity contribution in [2.24, 2.45) is 28.6 Å². The van der Waals surface area contributed by atoms with Gasteiger partial charge in [-0.15, -0.1) is 0 Å². The number of rotatable bonds is 8. The van der Waals surface area contributed by atoms with E-state index >= 15 is 0 Å². The molecule has 6 aliphatic rings. The second-order valence-electron chi connectivity index (χ2n) is 14.4. The number of ether oxygens (including phenoxy) is 6. The molecule has 5 saturated carbocycles. The Morgan fingerprint density at radius 2 is 1.67 bits per heavy atom. The number of methoxy groups -OCH3 is 4. The van der Waals surface area contributed by atoms with Crippen LogP contribution < -0.4 is 0 Å². The number of fused-ring (bicyclic) bond motifs is 2. The fraction of sp³-hybridized carbons (Fsp3) is 0.758. The van der Waals surface area contributed by atoms with Crippen LogP contribution in [0.3, 0.4) is 0 Å². The highest BCUT2D eigenvalue weighted by Crippen LogP contribution is 2.81. The molecule has 6 fully saturated rings. The lowest BCUT2D eigenvalue weighted by Crippen LogP contribution is -2.85. The molecule has 13 heteroatoms. The van der Waals surface area contributed by atoms with Gasteiger partial charge in [0.05, 0.1) is 42.0 Å². The van der Waals surface area contributed by atoms with Crippen LogP contribution in [0.2, 0.25) is 0 Å². The van der Waals surface area contributed by atoms with Gasteiger partial charge in [0.15, 0.2) is 5.60 Å². The first-order valence-corrected chi connectivity index (χ1v) is 15.9. The van der Waals surface area contributed by atoms with E-state index in [0.717, 1.165) is 0 Å². The number of hydrogen-bond acceptors (Lipinski definition) is 13. The fourth-order valence-electron chi connectivity index (χ4n) is 12.2. The number of carbonyl (C=O) groups is 2. The molecule has 254 valence electrons. The second kappa shape index (κ2) is 10.4. The number of aliphatic hydroxyl groups is 4. The third-order valence-corrected chi connectivity index (χ3v) is 12.9. The maximum atomic E-state index is 13.7. The van der Waals surface area contributed by atoms with Crippen LogP contribution in [0.15, 0.2) is 30.3 Å². The quantitative estimate of drug-likeness (QED) is 0.263. The van der Waals surface area contributed by atoms with Gasteiger partial charge in [0.1, 0.15) is 23.9 Å². The summed E-state index contributed by atoms with van der Waals surface area (Å²) in [4.78, 5) is 28.9. The van der Waals surface area contributed by atoms with E-state index in [1.165, 1.54) is 28.3 Å². The van der Waals surface area contributed by atoms with Gasteiger partial charge in [-0.2, -0.15) is 0 Å². The van der Waals surface area contributed by atoms with E-state index in [2.05, 4.69) is 0 Å². The number of likely N-dealkylation sites (tertiary alicyclic amines) is 1. The predicted octanol–water partition coefficient (Wildman–Crippen LogP) is -0.627. The third-order valence-electron chi connectivity index (χ3n) is 12.9. The lowest BCUT2D eigenvalue weighted by Gasteiger charge is -2.72. The number of esters is 2. The van der Waals surface area contributed by atoms with Crippen molar-refractivity contribution in [3.63, 3.8) is 0 Å². The van der Waals surface area contributed by atoms with Crippen LogP contribution in [0.4, 0.5) is 0 Å². The molecule has 0 aromatic heterocycles. The molecular formula is C33H45NO12. The topological polar surface area (TPSA) is 174 Å². The second-order valence-corrected chi connectivity index (χ2v) is 14.4. The van der Waals surface area contributed by atoms with Crippen LogP contribution in [0, 0.1) is 28.6 Å². The molecule has 0 amide bonds. The Labute approximate surface area is 267 Å². The molecule has 13 nitrogen and oxygen atoms in total. The molecule has 1 aromatic carbocycles. The summed E-state index contributed by atoms with van der Waals surface area (Å²) >= 11 is 0. The van der Waals surface area contributed by atoms with E-state index in [1.54, 1.807) is 37.4 Å². The van der Waals surface area contributed by atoms with Gasteiger partial charge in [-0.3, -0.25) is 4.79 Å². The average molecular weight is 648 g/mol. The van der Waals surface area contributed by atoms with Gasteiger partial charge in [0, 0.05) is 83.5 Å². The minimum absolute atomic E-state index is 0.113. The van der Waals surface area contributed by atoms with Crippen LogP contribution in [-0.4, -0.2) is 145 Å². The van der Waals surface area contributed by atoms with Crippen molar-refractivity contribution in [3.05, 3.63) is 35.9 Å². The molecule has 1 aromatic rings. The Morgan fingerprint density at radius 1 is 0.978 bits per heavy atom. The van der Waals surface area contributed by atoms with E-state index in [-0.39, 0.29) is 18.6 Å². The molecule has 7 bridgehead atoms. The minimum atomic E-state index is -2.12. The third kappa shape index (κ3) is 3.41. The SMILES string of the molecule is COC[C@]12CN(C)[C@H]3[C@H]4[C@H](OC)[C@H]1[C@@]3([C@@H](OC)C[C@H]2O)[C@]1(O)C[C@@]2(O)[C@H](OC(=O)c3ccccc3)[C@@H]1[C@]4(OC(C)=O)[C@@H](O)[C@@H]2OC. The lowest BCUT2D eigenvalue weighted by atomic mass is 9.40. The normalized spacial score (nSPS) is 51.5. The first-order chi connectivity index (χ1) is 21.8. The molecule has 46 heavy (non-hydrogen) atoms. The lowest BCUT2D eigenvalue weighted by molar-refractivity contribution is -0.353. The Hall–Kier alpha value is -2.20. The van der Waals surface area contributed by atoms with Crippen molar-refractivity contribution in [1.82, 2.24) is 4.90 Å². The maximum absolute atomic E-state index is 13.7. The standard InChI is InChI=1S/C33H45NO12/c1-16(35)46-33-20-21(43-5)22-29(15-41-3)14-34(2)24(20)32(22,19(42-4)12-18(29)36)31(40)13-30(39,27(44-6)25(33)37)26(23(31)33)45-28(38)17-10-8-7-9-11-17/h7-11,18-27,36-37,39-40H,12-15H2,1-6H3/t18-,19+,20-,21+,22-,23+,24+,25+,26-,27+,29+,30-,31+,32-,33+/m1/s1. The van der Waals surface area contributed by atoms with Crippen LogP contribution in [0.1, 0.15) is 30.1 Å². The Bertz CT molecular complexity index is 1400. The van der Waals surface area contributed by atoms with Crippen molar-refractivity contribution < 1.29 is 58.4 Å². The van der Waals surface area contributed by atoms with Crippen LogP contribution in [0.5, 0.6) is 0 Å². The van der Waals surface area contributed by atoms with Gasteiger partial charge in [-0.1, -0.05) is 18.2 Å². The van der Waals surface area contributed by atoms with Gasteiger partial charge in [0.25, 0.3) is 0 Å².